The summed E-state index contributed by atoms with van der Waals surface area (Å²) < 4.78 is 0. The molecule has 2 aliphatic rings. The zero-order valence-electron chi connectivity index (χ0n) is 23.6. The summed E-state index contributed by atoms with van der Waals surface area (Å²) >= 11 is 0. The van der Waals surface area contributed by atoms with Gasteiger partial charge in [-0.05, 0) is 111 Å². The third-order valence-electron chi connectivity index (χ3n) is 8.33. The molecule has 0 saturated carbocycles. The molecule has 0 bridgehead atoms. The summed E-state index contributed by atoms with van der Waals surface area (Å²) in [7, 11) is 0. The van der Waals surface area contributed by atoms with Crippen LogP contribution in [0.1, 0.15) is 54.4 Å². The number of nitrogens with zero attached hydrogens (tertiary/aromatic N) is 2. The lowest BCUT2D eigenvalue weighted by atomic mass is 10.0. The van der Waals surface area contributed by atoms with Gasteiger partial charge >= 0.3 is 0 Å². The van der Waals surface area contributed by atoms with Crippen molar-refractivity contribution in [3.05, 3.63) is 77.9 Å². The molecule has 1 amide bonds. The van der Waals surface area contributed by atoms with Crippen molar-refractivity contribution in [2.75, 3.05) is 46.6 Å². The zero-order chi connectivity index (χ0) is 28.3. The van der Waals surface area contributed by atoms with E-state index in [4.69, 9.17) is 0 Å². The molecule has 6 rings (SSSR count). The fraction of sp³-hybridized carbons (Fsp3) is 0.324. The van der Waals surface area contributed by atoms with Crippen LogP contribution in [0, 0.1) is 6.92 Å². The first-order valence-electron chi connectivity index (χ1n) is 14.7. The molecule has 0 aromatic heterocycles. The lowest BCUT2D eigenvalue weighted by Crippen LogP contribution is -2.31. The molecule has 212 valence electrons. The van der Waals surface area contributed by atoms with Crippen molar-refractivity contribution < 1.29 is 15.0 Å². The number of nitrogens with one attached hydrogen (secondary N) is 2. The summed E-state index contributed by atoms with van der Waals surface area (Å²) in [5.41, 5.74) is 6.40. The first kappa shape index (κ1) is 26.8. The van der Waals surface area contributed by atoms with Gasteiger partial charge in [-0.15, -0.1) is 0 Å². The van der Waals surface area contributed by atoms with Gasteiger partial charge in [0, 0.05) is 60.0 Å². The molecule has 4 aromatic rings. The second kappa shape index (κ2) is 11.6. The molecule has 7 heteroatoms. The summed E-state index contributed by atoms with van der Waals surface area (Å²) in [5.74, 6) is -0.522. The lowest BCUT2D eigenvalue weighted by Gasteiger charge is -2.33. The Balaban J connectivity index is 1.22. The van der Waals surface area contributed by atoms with Crippen LogP contribution >= 0.6 is 0 Å². The van der Waals surface area contributed by atoms with Crippen LogP contribution in [0.15, 0.2) is 66.7 Å². The molecule has 0 spiro atoms. The third kappa shape index (κ3) is 5.89. The molecule has 2 heterocycles. The van der Waals surface area contributed by atoms with E-state index in [1.54, 1.807) is 24.3 Å². The van der Waals surface area contributed by atoms with Crippen LogP contribution in [-0.4, -0.2) is 42.3 Å². The van der Waals surface area contributed by atoms with E-state index in [9.17, 15) is 15.0 Å². The maximum atomic E-state index is 13.1. The molecule has 2 fully saturated rings. The van der Waals surface area contributed by atoms with Gasteiger partial charge in [-0.2, -0.15) is 0 Å². The van der Waals surface area contributed by atoms with E-state index in [0.717, 1.165) is 43.1 Å². The zero-order valence-corrected chi connectivity index (χ0v) is 23.6. The molecule has 4 aromatic carbocycles. The van der Waals surface area contributed by atoms with Gasteiger partial charge in [-0.25, -0.2) is 0 Å². The van der Waals surface area contributed by atoms with Crippen LogP contribution in [-0.2, 0) is 0 Å². The smallest absolute Gasteiger partial charge is 0.259 e. The number of piperidine rings is 2. The van der Waals surface area contributed by atoms with Crippen LogP contribution in [0.2, 0.25) is 0 Å². The number of hydrogen-bond acceptors (Lipinski definition) is 6. The molecule has 2 aliphatic heterocycles. The SMILES string of the molecule is Cc1cc(NC(=O)c2cc3cccc(O)c3cc2O)ccc1Nc1cc(N2CCCCC2)cc(N2CCCCC2)c1. The normalized spacial score (nSPS) is 15.6. The summed E-state index contributed by atoms with van der Waals surface area (Å²) in [6.07, 6.45) is 7.56. The molecule has 0 radical (unpaired) electrons. The average Bonchev–Trinajstić information content (AvgIpc) is 2.99. The number of rotatable bonds is 6. The van der Waals surface area contributed by atoms with Crippen molar-refractivity contribution in [3.8, 4) is 11.5 Å². The molecule has 0 unspecified atom stereocenters. The lowest BCUT2D eigenvalue weighted by molar-refractivity contribution is 0.102. The number of amides is 1. The number of phenols is 2. The van der Waals surface area contributed by atoms with Crippen molar-refractivity contribution in [2.24, 2.45) is 0 Å². The summed E-state index contributed by atoms with van der Waals surface area (Å²) in [6.45, 7) is 6.43. The Morgan fingerprint density at radius 3 is 2.00 bits per heavy atom. The van der Waals surface area contributed by atoms with E-state index in [1.807, 2.05) is 25.1 Å². The molecule has 0 atom stereocenters. The minimum Gasteiger partial charge on any atom is -0.507 e. The molecule has 41 heavy (non-hydrogen) atoms. The van der Waals surface area contributed by atoms with Gasteiger partial charge in [0.05, 0.1) is 5.56 Å². The first-order valence-corrected chi connectivity index (χ1v) is 14.7. The monoisotopic (exact) mass is 550 g/mol. The highest BCUT2D eigenvalue weighted by Crippen LogP contribution is 2.35. The number of benzene rings is 4. The number of hydrogen-bond donors (Lipinski definition) is 4. The Morgan fingerprint density at radius 2 is 1.37 bits per heavy atom. The van der Waals surface area contributed by atoms with Crippen molar-refractivity contribution in [1.82, 2.24) is 0 Å². The Bertz CT molecular complexity index is 1540. The highest BCUT2D eigenvalue weighted by molar-refractivity contribution is 6.09. The molecule has 7 nitrogen and oxygen atoms in total. The van der Waals surface area contributed by atoms with Crippen LogP contribution in [0.25, 0.3) is 10.8 Å². The quantitative estimate of drug-likeness (QED) is 0.198. The largest absolute Gasteiger partial charge is 0.507 e. The fourth-order valence-corrected chi connectivity index (χ4v) is 6.05. The predicted octanol–water partition coefficient (Wildman–Crippen LogP) is 7.54. The highest BCUT2D eigenvalue weighted by atomic mass is 16.3. The minimum atomic E-state index is -0.409. The molecule has 0 aliphatic carbocycles. The second-order valence-corrected chi connectivity index (χ2v) is 11.3. The van der Waals surface area contributed by atoms with Crippen molar-refractivity contribution in [2.45, 2.75) is 45.4 Å². The second-order valence-electron chi connectivity index (χ2n) is 11.3. The van der Waals surface area contributed by atoms with E-state index in [2.05, 4.69) is 38.6 Å². The van der Waals surface area contributed by atoms with E-state index >= 15 is 0 Å². The first-order chi connectivity index (χ1) is 19.9. The Morgan fingerprint density at radius 1 is 0.707 bits per heavy atom. The minimum absolute atomic E-state index is 0.0630. The Labute approximate surface area is 241 Å². The molecule has 2 saturated heterocycles. The van der Waals surface area contributed by atoms with E-state index in [0.29, 0.717) is 16.5 Å². The number of carbonyl (C=O) groups is 1. The third-order valence-corrected chi connectivity index (χ3v) is 8.33. The maximum Gasteiger partial charge on any atom is 0.259 e. The van der Waals surface area contributed by atoms with Crippen molar-refractivity contribution in [1.29, 1.82) is 0 Å². The van der Waals surface area contributed by atoms with E-state index in [-0.39, 0.29) is 17.1 Å². The Hall–Kier alpha value is -4.39. The maximum absolute atomic E-state index is 13.1. The predicted molar refractivity (Wildman–Crippen MR) is 168 cm³/mol. The number of phenolic OH excluding ortho intramolecular Hbond substituents is 2. The van der Waals surface area contributed by atoms with Crippen LogP contribution in [0.4, 0.5) is 28.4 Å². The summed E-state index contributed by atoms with van der Waals surface area (Å²) in [6, 6.07) is 20.7. The average molecular weight is 551 g/mol. The van der Waals surface area contributed by atoms with Gasteiger partial charge in [0.15, 0.2) is 0 Å². The Kier molecular flexibility index (Phi) is 7.59. The van der Waals surface area contributed by atoms with Crippen molar-refractivity contribution in [3.63, 3.8) is 0 Å². The number of anilines is 5. The highest BCUT2D eigenvalue weighted by Gasteiger charge is 2.18. The van der Waals surface area contributed by atoms with Crippen LogP contribution in [0.5, 0.6) is 11.5 Å². The van der Waals surface area contributed by atoms with Crippen LogP contribution < -0.4 is 20.4 Å². The fourth-order valence-electron chi connectivity index (χ4n) is 6.05. The van der Waals surface area contributed by atoms with Gasteiger partial charge in [0.2, 0.25) is 0 Å². The van der Waals surface area contributed by atoms with E-state index < -0.39 is 5.91 Å². The van der Waals surface area contributed by atoms with Crippen molar-refractivity contribution >= 4 is 45.1 Å². The number of aryl methyl sites for hydroxylation is 1. The molecular weight excluding hydrogens is 512 g/mol. The van der Waals surface area contributed by atoms with E-state index in [1.165, 1.54) is 56.0 Å². The molecular formula is C34H38N4O3. The van der Waals surface area contributed by atoms with Gasteiger partial charge in [-0.3, -0.25) is 4.79 Å². The van der Waals surface area contributed by atoms with Gasteiger partial charge in [0.25, 0.3) is 5.91 Å². The standard InChI is InChI=1S/C34H38N4O3/c1-23-17-25(36-34(41)30-18-24-9-8-10-32(39)29(24)22-33(30)40)11-12-31(23)35-26-19-27(37-13-4-2-5-14-37)21-28(20-26)38-15-6-3-7-16-38/h8-12,17-22,35,39-40H,2-7,13-16H2,1H3,(H,36,41). The summed E-state index contributed by atoms with van der Waals surface area (Å²) in [5, 5.41) is 28.3. The molecule has 4 N–H and O–H groups in total. The number of fused-ring (bicyclic) bond motifs is 1. The van der Waals surface area contributed by atoms with Gasteiger partial charge < -0.3 is 30.6 Å². The van der Waals surface area contributed by atoms with Crippen LogP contribution in [0.3, 0.4) is 0 Å². The summed E-state index contributed by atoms with van der Waals surface area (Å²) in [4.78, 5) is 18.1. The van der Waals surface area contributed by atoms with Gasteiger partial charge in [0.1, 0.15) is 11.5 Å². The number of aromatic hydroxyl groups is 2. The topological polar surface area (TPSA) is 88.1 Å². The van der Waals surface area contributed by atoms with Gasteiger partial charge in [-0.1, -0.05) is 12.1 Å². The number of carbonyl (C=O) groups excluding carboxylic acids is 1.